The quantitative estimate of drug-likeness (QED) is 0.371. The first-order valence-corrected chi connectivity index (χ1v) is 12.6. The predicted molar refractivity (Wildman–Crippen MR) is 139 cm³/mol. The second-order valence-corrected chi connectivity index (χ2v) is 9.27. The lowest BCUT2D eigenvalue weighted by atomic mass is 9.96. The van der Waals surface area contributed by atoms with Crippen molar-refractivity contribution in [2.75, 3.05) is 32.1 Å². The number of carbonyl (C=O) groups excluding carboxylic acids is 2. The number of aromatic nitrogens is 2. The molecular formula is C27H26N4O4S. The van der Waals surface area contributed by atoms with E-state index in [-0.39, 0.29) is 0 Å². The zero-order valence-electron chi connectivity index (χ0n) is 20.1. The van der Waals surface area contributed by atoms with Crippen molar-refractivity contribution in [1.29, 1.82) is 0 Å². The van der Waals surface area contributed by atoms with E-state index >= 15 is 0 Å². The van der Waals surface area contributed by atoms with Gasteiger partial charge in [-0.3, -0.25) is 20.0 Å². The van der Waals surface area contributed by atoms with Crippen LogP contribution in [-0.2, 0) is 22.5 Å². The number of ether oxygens (including phenoxy) is 2. The number of pyridine rings is 1. The lowest BCUT2D eigenvalue weighted by Crippen LogP contribution is -2.32. The summed E-state index contributed by atoms with van der Waals surface area (Å²) in [5.74, 6) is -0.275. The van der Waals surface area contributed by atoms with Crippen molar-refractivity contribution < 1.29 is 19.1 Å². The Balaban J connectivity index is 1.31. The average molecular weight is 503 g/mol. The number of anilines is 1. The Hall–Kier alpha value is -3.82. The number of amides is 1. The van der Waals surface area contributed by atoms with Crippen LogP contribution in [0.15, 0.2) is 53.9 Å². The SMILES string of the molecule is CCN1CCc2nc3ccccc3c(C(=O)OCC(=O)Nc3nc(-c4ccccc4OC)cs3)c2C1. The lowest BCUT2D eigenvalue weighted by Gasteiger charge is -2.28. The van der Waals surface area contributed by atoms with Crippen LogP contribution < -0.4 is 10.1 Å². The van der Waals surface area contributed by atoms with E-state index in [4.69, 9.17) is 14.5 Å². The van der Waals surface area contributed by atoms with Gasteiger partial charge in [0.1, 0.15) is 5.75 Å². The summed E-state index contributed by atoms with van der Waals surface area (Å²) in [4.78, 5) is 37.4. The summed E-state index contributed by atoms with van der Waals surface area (Å²) in [5.41, 5.74) is 4.58. The first kappa shape index (κ1) is 23.9. The molecule has 1 amide bonds. The highest BCUT2D eigenvalue weighted by atomic mass is 32.1. The van der Waals surface area contributed by atoms with Crippen molar-refractivity contribution in [2.45, 2.75) is 19.9 Å². The molecule has 0 fully saturated rings. The smallest absolute Gasteiger partial charge is 0.339 e. The van der Waals surface area contributed by atoms with E-state index in [9.17, 15) is 9.59 Å². The van der Waals surface area contributed by atoms with Crippen molar-refractivity contribution in [2.24, 2.45) is 0 Å². The molecule has 184 valence electrons. The number of hydrogen-bond acceptors (Lipinski definition) is 8. The molecule has 0 spiro atoms. The highest BCUT2D eigenvalue weighted by Gasteiger charge is 2.26. The number of likely N-dealkylation sites (N-methyl/N-ethyl adjacent to an activating group) is 1. The Morgan fingerprint density at radius 1 is 1.11 bits per heavy atom. The van der Waals surface area contributed by atoms with E-state index in [1.807, 2.05) is 53.9 Å². The van der Waals surface area contributed by atoms with Crippen LogP contribution in [0, 0.1) is 0 Å². The van der Waals surface area contributed by atoms with Gasteiger partial charge in [0.25, 0.3) is 5.91 Å². The van der Waals surface area contributed by atoms with Crippen LogP contribution in [0.3, 0.4) is 0 Å². The van der Waals surface area contributed by atoms with Crippen LogP contribution in [0.4, 0.5) is 5.13 Å². The molecule has 2 aromatic carbocycles. The standard InChI is InChI=1S/C27H26N4O4S/c1-3-31-13-12-21-19(14-31)25(18-9-4-6-10-20(18)28-21)26(33)35-15-24(32)30-27-29-22(16-36-27)17-8-5-7-11-23(17)34-2/h4-11,16H,3,12-15H2,1-2H3,(H,29,30,32). The second-order valence-electron chi connectivity index (χ2n) is 8.41. The number of nitrogens with one attached hydrogen (secondary N) is 1. The summed E-state index contributed by atoms with van der Waals surface area (Å²) < 4.78 is 10.9. The molecule has 2 aromatic heterocycles. The molecule has 0 saturated heterocycles. The van der Waals surface area contributed by atoms with Gasteiger partial charge in [0.2, 0.25) is 0 Å². The van der Waals surface area contributed by atoms with Gasteiger partial charge in [-0.2, -0.15) is 0 Å². The summed E-state index contributed by atoms with van der Waals surface area (Å²) in [6.07, 6.45) is 0.771. The van der Waals surface area contributed by atoms with Crippen LogP contribution in [0.5, 0.6) is 5.75 Å². The molecule has 36 heavy (non-hydrogen) atoms. The minimum absolute atomic E-state index is 0.411. The number of para-hydroxylation sites is 2. The number of esters is 1. The van der Waals surface area contributed by atoms with Gasteiger partial charge in [-0.25, -0.2) is 9.78 Å². The molecule has 3 heterocycles. The molecule has 8 nitrogen and oxygen atoms in total. The fraction of sp³-hybridized carbons (Fsp3) is 0.259. The van der Waals surface area contributed by atoms with E-state index < -0.39 is 18.5 Å². The highest BCUT2D eigenvalue weighted by molar-refractivity contribution is 7.14. The van der Waals surface area contributed by atoms with Gasteiger partial charge in [-0.05, 0) is 24.7 Å². The first-order chi connectivity index (χ1) is 17.6. The molecule has 1 aliphatic rings. The van der Waals surface area contributed by atoms with Crippen molar-refractivity contribution in [3.63, 3.8) is 0 Å². The highest BCUT2D eigenvalue weighted by Crippen LogP contribution is 2.32. The number of carbonyl (C=O) groups is 2. The molecule has 0 atom stereocenters. The maximum Gasteiger partial charge on any atom is 0.339 e. The molecule has 0 unspecified atom stereocenters. The van der Waals surface area contributed by atoms with Gasteiger partial charge in [0, 0.05) is 47.1 Å². The topological polar surface area (TPSA) is 93.7 Å². The van der Waals surface area contributed by atoms with Crippen LogP contribution >= 0.6 is 11.3 Å². The monoisotopic (exact) mass is 502 g/mol. The molecule has 9 heteroatoms. The number of hydrogen-bond donors (Lipinski definition) is 1. The molecule has 1 aliphatic heterocycles. The number of thiazole rings is 1. The normalized spacial score (nSPS) is 13.3. The van der Waals surface area contributed by atoms with Gasteiger partial charge in [0.05, 0.1) is 23.9 Å². The molecule has 4 aromatic rings. The van der Waals surface area contributed by atoms with Gasteiger partial charge >= 0.3 is 5.97 Å². The minimum atomic E-state index is -0.521. The number of benzene rings is 2. The average Bonchev–Trinajstić information content (AvgIpc) is 3.38. The Bertz CT molecular complexity index is 1430. The van der Waals surface area contributed by atoms with Crippen LogP contribution in [0.2, 0.25) is 0 Å². The van der Waals surface area contributed by atoms with Crippen LogP contribution in [0.1, 0.15) is 28.5 Å². The third-order valence-electron chi connectivity index (χ3n) is 6.24. The van der Waals surface area contributed by atoms with Crippen molar-refractivity contribution in [1.82, 2.24) is 14.9 Å². The van der Waals surface area contributed by atoms with Crippen LogP contribution in [0.25, 0.3) is 22.2 Å². The van der Waals surface area contributed by atoms with E-state index in [0.717, 1.165) is 47.2 Å². The molecule has 0 bridgehead atoms. The maximum absolute atomic E-state index is 13.3. The number of rotatable bonds is 7. The molecule has 5 rings (SSSR count). The largest absolute Gasteiger partial charge is 0.496 e. The zero-order chi connectivity index (χ0) is 25.1. The van der Waals surface area contributed by atoms with Crippen molar-refractivity contribution in [3.8, 4) is 17.0 Å². The predicted octanol–water partition coefficient (Wildman–Crippen LogP) is 4.54. The summed E-state index contributed by atoms with van der Waals surface area (Å²) in [6.45, 7) is 4.10. The van der Waals surface area contributed by atoms with Crippen molar-refractivity contribution in [3.05, 3.63) is 70.7 Å². The third-order valence-corrected chi connectivity index (χ3v) is 7.00. The molecular weight excluding hydrogens is 476 g/mol. The number of fused-ring (bicyclic) bond motifs is 2. The molecule has 0 radical (unpaired) electrons. The molecule has 0 aliphatic carbocycles. The van der Waals surface area contributed by atoms with Crippen LogP contribution in [-0.4, -0.2) is 53.6 Å². The molecule has 0 saturated carbocycles. The maximum atomic E-state index is 13.3. The second kappa shape index (κ2) is 10.4. The Kier molecular flexibility index (Phi) is 6.92. The summed E-state index contributed by atoms with van der Waals surface area (Å²) in [6, 6.07) is 15.1. The van der Waals surface area contributed by atoms with Gasteiger partial charge in [-0.1, -0.05) is 37.3 Å². The Labute approximate surface area is 212 Å². The van der Waals surface area contributed by atoms with Gasteiger partial charge in [0.15, 0.2) is 11.7 Å². The van der Waals surface area contributed by atoms with E-state index in [1.54, 1.807) is 7.11 Å². The fourth-order valence-corrected chi connectivity index (χ4v) is 5.15. The summed E-state index contributed by atoms with van der Waals surface area (Å²) in [7, 11) is 1.60. The Morgan fingerprint density at radius 3 is 2.75 bits per heavy atom. The zero-order valence-corrected chi connectivity index (χ0v) is 20.9. The first-order valence-electron chi connectivity index (χ1n) is 11.8. The van der Waals surface area contributed by atoms with Gasteiger partial charge in [-0.15, -0.1) is 11.3 Å². The summed E-state index contributed by atoms with van der Waals surface area (Å²) >= 11 is 1.29. The van der Waals surface area contributed by atoms with Gasteiger partial charge < -0.3 is 9.47 Å². The molecule has 1 N–H and O–H groups in total. The fourth-order valence-electron chi connectivity index (χ4n) is 4.42. The van der Waals surface area contributed by atoms with E-state index in [0.29, 0.717) is 28.7 Å². The number of nitrogens with zero attached hydrogens (tertiary/aromatic N) is 3. The lowest BCUT2D eigenvalue weighted by molar-refractivity contribution is -0.119. The Morgan fingerprint density at radius 2 is 1.92 bits per heavy atom. The van der Waals surface area contributed by atoms with E-state index in [2.05, 4.69) is 22.1 Å². The summed E-state index contributed by atoms with van der Waals surface area (Å²) in [5, 5.41) is 5.72. The minimum Gasteiger partial charge on any atom is -0.496 e. The van der Waals surface area contributed by atoms with E-state index in [1.165, 1.54) is 11.3 Å². The number of methoxy groups -OCH3 is 1. The van der Waals surface area contributed by atoms with Crippen molar-refractivity contribution >= 4 is 39.2 Å². The third kappa shape index (κ3) is 4.80.